The molecule has 0 aromatic carbocycles. The average Bonchev–Trinajstić information content (AvgIpc) is 2.36. The second-order valence-corrected chi connectivity index (χ2v) is 4.32. The van der Waals surface area contributed by atoms with E-state index in [0.717, 1.165) is 25.5 Å². The molecule has 0 amide bonds. The summed E-state index contributed by atoms with van der Waals surface area (Å²) in [5, 5.41) is 3.15. The van der Waals surface area contributed by atoms with E-state index in [9.17, 15) is 0 Å². The Morgan fingerprint density at radius 1 is 1.35 bits per heavy atom. The van der Waals surface area contributed by atoms with Gasteiger partial charge in [-0.05, 0) is 25.8 Å². The van der Waals surface area contributed by atoms with Gasteiger partial charge in [-0.1, -0.05) is 20.3 Å². The molecule has 0 saturated carbocycles. The highest BCUT2D eigenvalue weighted by Gasteiger charge is 2.10. The van der Waals surface area contributed by atoms with Crippen molar-refractivity contribution in [2.24, 2.45) is 5.92 Å². The Hall–Kier alpha value is -1.32. The number of aromatic nitrogens is 2. The van der Waals surface area contributed by atoms with Crippen molar-refractivity contribution in [1.82, 2.24) is 9.97 Å². The fourth-order valence-corrected chi connectivity index (χ4v) is 1.66. The molecule has 1 aromatic heterocycles. The van der Waals surface area contributed by atoms with Crippen LogP contribution in [0, 0.1) is 5.92 Å². The van der Waals surface area contributed by atoms with Crippen LogP contribution in [0.15, 0.2) is 12.3 Å². The largest absolute Gasteiger partial charge is 0.356 e. The van der Waals surface area contributed by atoms with Crippen LogP contribution in [0.5, 0.6) is 0 Å². The fraction of sp³-hybridized carbons (Fsp3) is 0.692. The topological polar surface area (TPSA) is 41.1 Å². The summed E-state index contributed by atoms with van der Waals surface area (Å²) >= 11 is 0. The van der Waals surface area contributed by atoms with Gasteiger partial charge in [0.15, 0.2) is 0 Å². The number of anilines is 2. The van der Waals surface area contributed by atoms with Gasteiger partial charge in [0.05, 0.1) is 0 Å². The maximum absolute atomic E-state index is 4.52. The molecule has 1 aromatic rings. The van der Waals surface area contributed by atoms with E-state index >= 15 is 0 Å². The average molecular weight is 236 g/mol. The van der Waals surface area contributed by atoms with Crippen molar-refractivity contribution in [2.75, 3.05) is 29.9 Å². The van der Waals surface area contributed by atoms with Crippen LogP contribution in [-0.2, 0) is 0 Å². The third-order valence-electron chi connectivity index (χ3n) is 2.91. The molecule has 0 aliphatic carbocycles. The number of hydrogen-bond acceptors (Lipinski definition) is 4. The molecule has 0 radical (unpaired) electrons. The first kappa shape index (κ1) is 13.7. The quantitative estimate of drug-likeness (QED) is 0.790. The number of hydrogen-bond donors (Lipinski definition) is 1. The zero-order valence-corrected chi connectivity index (χ0v) is 11.4. The highest BCUT2D eigenvalue weighted by Crippen LogP contribution is 2.14. The van der Waals surface area contributed by atoms with Crippen molar-refractivity contribution < 1.29 is 0 Å². The molecule has 0 aliphatic rings. The molecule has 96 valence electrons. The smallest absolute Gasteiger partial charge is 0.224 e. The molecule has 0 aliphatic heterocycles. The lowest BCUT2D eigenvalue weighted by atomic mass is 10.1. The van der Waals surface area contributed by atoms with Crippen LogP contribution < -0.4 is 10.2 Å². The van der Waals surface area contributed by atoms with E-state index in [1.807, 2.05) is 19.2 Å². The number of nitrogens with zero attached hydrogens (tertiary/aromatic N) is 3. The first-order valence-corrected chi connectivity index (χ1v) is 6.53. The highest BCUT2D eigenvalue weighted by molar-refractivity contribution is 5.42. The first-order valence-electron chi connectivity index (χ1n) is 6.53. The fourth-order valence-electron chi connectivity index (χ4n) is 1.66. The van der Waals surface area contributed by atoms with Crippen LogP contribution in [0.25, 0.3) is 0 Å². The molecule has 0 spiro atoms. The summed E-state index contributed by atoms with van der Waals surface area (Å²) in [6.45, 7) is 11.6. The Balaban J connectivity index is 2.76. The zero-order valence-electron chi connectivity index (χ0n) is 11.4. The lowest BCUT2D eigenvalue weighted by Gasteiger charge is -2.25. The minimum Gasteiger partial charge on any atom is -0.356 e. The molecule has 1 atom stereocenters. The summed E-state index contributed by atoms with van der Waals surface area (Å²) in [7, 11) is 0. The van der Waals surface area contributed by atoms with Crippen LogP contribution in [-0.4, -0.2) is 29.6 Å². The first-order chi connectivity index (χ1) is 8.21. The van der Waals surface area contributed by atoms with Crippen LogP contribution in [0.1, 0.15) is 34.1 Å². The Morgan fingerprint density at radius 3 is 2.71 bits per heavy atom. The van der Waals surface area contributed by atoms with Crippen molar-refractivity contribution in [3.63, 3.8) is 0 Å². The van der Waals surface area contributed by atoms with Gasteiger partial charge in [0, 0.05) is 25.8 Å². The van der Waals surface area contributed by atoms with E-state index in [1.54, 1.807) is 0 Å². The van der Waals surface area contributed by atoms with Gasteiger partial charge in [0.25, 0.3) is 0 Å². The highest BCUT2D eigenvalue weighted by atomic mass is 15.2. The van der Waals surface area contributed by atoms with Crippen molar-refractivity contribution in [1.29, 1.82) is 0 Å². The summed E-state index contributed by atoms with van der Waals surface area (Å²) in [6.07, 6.45) is 3.02. The van der Waals surface area contributed by atoms with Crippen molar-refractivity contribution >= 4 is 11.8 Å². The molecular weight excluding hydrogens is 212 g/mol. The molecule has 17 heavy (non-hydrogen) atoms. The maximum atomic E-state index is 4.52. The van der Waals surface area contributed by atoms with Crippen LogP contribution in [0.4, 0.5) is 11.8 Å². The minimum atomic E-state index is 0.687. The van der Waals surface area contributed by atoms with E-state index < -0.39 is 0 Å². The van der Waals surface area contributed by atoms with Crippen LogP contribution >= 0.6 is 0 Å². The summed E-state index contributed by atoms with van der Waals surface area (Å²) in [4.78, 5) is 11.0. The van der Waals surface area contributed by atoms with E-state index in [0.29, 0.717) is 11.9 Å². The molecular formula is C13H24N4. The summed E-state index contributed by atoms with van der Waals surface area (Å²) in [5.41, 5.74) is 0. The lowest BCUT2D eigenvalue weighted by Crippen LogP contribution is -2.29. The predicted molar refractivity (Wildman–Crippen MR) is 73.5 cm³/mol. The molecule has 4 nitrogen and oxygen atoms in total. The number of rotatable bonds is 7. The molecule has 0 saturated heterocycles. The van der Waals surface area contributed by atoms with E-state index in [2.05, 4.69) is 41.0 Å². The van der Waals surface area contributed by atoms with Gasteiger partial charge < -0.3 is 10.2 Å². The molecule has 0 fully saturated rings. The van der Waals surface area contributed by atoms with Gasteiger partial charge in [-0.15, -0.1) is 0 Å². The Kier molecular flexibility index (Phi) is 5.73. The Morgan fingerprint density at radius 2 is 2.12 bits per heavy atom. The second-order valence-electron chi connectivity index (χ2n) is 4.32. The van der Waals surface area contributed by atoms with Crippen molar-refractivity contribution in [3.05, 3.63) is 12.3 Å². The predicted octanol–water partition coefficient (Wildman–Crippen LogP) is 2.78. The summed E-state index contributed by atoms with van der Waals surface area (Å²) in [6, 6.07) is 1.98. The SMILES string of the molecule is CCNc1nccc(N(CC)CC(C)CC)n1. The minimum absolute atomic E-state index is 0.687. The van der Waals surface area contributed by atoms with Gasteiger partial charge in [-0.2, -0.15) is 4.98 Å². The van der Waals surface area contributed by atoms with Crippen molar-refractivity contribution in [3.8, 4) is 0 Å². The molecule has 0 bridgehead atoms. The lowest BCUT2D eigenvalue weighted by molar-refractivity contribution is 0.545. The normalized spacial score (nSPS) is 12.2. The van der Waals surface area contributed by atoms with Gasteiger partial charge in [-0.3, -0.25) is 0 Å². The zero-order chi connectivity index (χ0) is 12.7. The molecule has 1 unspecified atom stereocenters. The Labute approximate surface area is 104 Å². The van der Waals surface area contributed by atoms with Gasteiger partial charge in [-0.25, -0.2) is 4.98 Å². The van der Waals surface area contributed by atoms with Crippen molar-refractivity contribution in [2.45, 2.75) is 34.1 Å². The van der Waals surface area contributed by atoms with Crippen LogP contribution in [0.3, 0.4) is 0 Å². The monoisotopic (exact) mass is 236 g/mol. The van der Waals surface area contributed by atoms with Gasteiger partial charge in [0.2, 0.25) is 5.95 Å². The number of nitrogens with one attached hydrogen (secondary N) is 1. The summed E-state index contributed by atoms with van der Waals surface area (Å²) < 4.78 is 0. The van der Waals surface area contributed by atoms with E-state index in [4.69, 9.17) is 0 Å². The second kappa shape index (κ2) is 7.09. The summed E-state index contributed by atoms with van der Waals surface area (Å²) in [5.74, 6) is 2.42. The molecule has 1 heterocycles. The van der Waals surface area contributed by atoms with Crippen LogP contribution in [0.2, 0.25) is 0 Å². The third-order valence-corrected chi connectivity index (χ3v) is 2.91. The maximum Gasteiger partial charge on any atom is 0.224 e. The molecule has 4 heteroatoms. The third kappa shape index (κ3) is 4.21. The molecule has 1 rings (SSSR count). The standard InChI is InChI=1S/C13H24N4/c1-5-11(4)10-17(7-3)12-8-9-15-13(16-12)14-6-2/h8-9,11H,5-7,10H2,1-4H3,(H,14,15,16). The van der Waals surface area contributed by atoms with Gasteiger partial charge in [0.1, 0.15) is 5.82 Å². The van der Waals surface area contributed by atoms with E-state index in [1.165, 1.54) is 6.42 Å². The Bertz CT molecular complexity index is 327. The van der Waals surface area contributed by atoms with E-state index in [-0.39, 0.29) is 0 Å². The van der Waals surface area contributed by atoms with Gasteiger partial charge >= 0.3 is 0 Å². The molecule has 1 N–H and O–H groups in total.